The zero-order chi connectivity index (χ0) is 22.8. The fraction of sp³-hybridized carbons (Fsp3) is 0.0769. The molecule has 5 aromatic rings. The number of ether oxygens (including phenoxy) is 1. The Hall–Kier alpha value is -4.52. The van der Waals surface area contributed by atoms with Gasteiger partial charge in [0.25, 0.3) is 5.56 Å². The number of hydrogen-bond acceptors (Lipinski definition) is 5. The molecule has 0 radical (unpaired) electrons. The van der Waals surface area contributed by atoms with Gasteiger partial charge < -0.3 is 9.30 Å². The summed E-state index contributed by atoms with van der Waals surface area (Å²) in [5.74, 6) is -0.441. The molecule has 0 N–H and O–H groups in total. The van der Waals surface area contributed by atoms with E-state index in [1.165, 1.54) is 7.11 Å². The molecule has 0 amide bonds. The molecule has 0 atom stereocenters. The number of rotatable bonds is 5. The maximum Gasteiger partial charge on any atom is 0.355 e. The molecular formula is C26H20N4O3. The summed E-state index contributed by atoms with van der Waals surface area (Å²) in [5.41, 5.74) is 4.04. The molecule has 0 spiro atoms. The fourth-order valence-corrected chi connectivity index (χ4v) is 3.87. The third-order valence-electron chi connectivity index (χ3n) is 5.41. The van der Waals surface area contributed by atoms with Crippen molar-refractivity contribution in [1.29, 1.82) is 0 Å². The number of esters is 1. The Labute approximate surface area is 189 Å². The van der Waals surface area contributed by atoms with E-state index in [4.69, 9.17) is 4.74 Å². The summed E-state index contributed by atoms with van der Waals surface area (Å²) in [6, 6.07) is 24.3. The van der Waals surface area contributed by atoms with Crippen molar-refractivity contribution in [3.8, 4) is 11.4 Å². The summed E-state index contributed by atoms with van der Waals surface area (Å²) >= 11 is 0. The standard InChI is InChI=1S/C26H20N4O3/c1-33-26(32)23-13-7-15-29(23)19-10-5-11-20(17-19)30-24-21(12-6-14-27-24)28-22(25(30)31)16-18-8-3-2-4-9-18/h2-15,17H,16H2,1H3. The second-order valence-corrected chi connectivity index (χ2v) is 7.48. The molecule has 3 heterocycles. The van der Waals surface area contributed by atoms with Crippen LogP contribution in [0.5, 0.6) is 0 Å². The smallest absolute Gasteiger partial charge is 0.355 e. The average Bonchev–Trinajstić information content (AvgIpc) is 3.35. The normalized spacial score (nSPS) is 10.9. The molecule has 5 rings (SSSR count). The lowest BCUT2D eigenvalue weighted by Crippen LogP contribution is -2.25. The number of carbonyl (C=O) groups excluding carboxylic acids is 1. The predicted molar refractivity (Wildman–Crippen MR) is 125 cm³/mol. The lowest BCUT2D eigenvalue weighted by Gasteiger charge is -2.14. The van der Waals surface area contributed by atoms with Gasteiger partial charge in [-0.3, -0.25) is 9.36 Å². The second kappa shape index (κ2) is 8.55. The first-order chi connectivity index (χ1) is 16.2. The van der Waals surface area contributed by atoms with Gasteiger partial charge in [0.05, 0.1) is 12.8 Å². The minimum atomic E-state index is -0.441. The quantitative estimate of drug-likeness (QED) is 0.390. The van der Waals surface area contributed by atoms with Gasteiger partial charge in [0, 0.05) is 24.5 Å². The van der Waals surface area contributed by atoms with E-state index in [2.05, 4.69) is 9.97 Å². The summed E-state index contributed by atoms with van der Waals surface area (Å²) in [6.07, 6.45) is 3.83. The van der Waals surface area contributed by atoms with E-state index >= 15 is 0 Å². The lowest BCUT2D eigenvalue weighted by molar-refractivity contribution is 0.0591. The van der Waals surface area contributed by atoms with E-state index in [0.29, 0.717) is 34.7 Å². The summed E-state index contributed by atoms with van der Waals surface area (Å²) in [7, 11) is 1.35. The third-order valence-corrected chi connectivity index (χ3v) is 5.41. The SMILES string of the molecule is COC(=O)c1cccn1-c1cccc(-n2c(=O)c(Cc3ccccc3)nc3cccnc32)c1. The highest BCUT2D eigenvalue weighted by Gasteiger charge is 2.16. The summed E-state index contributed by atoms with van der Waals surface area (Å²) in [4.78, 5) is 34.8. The number of nitrogens with zero attached hydrogens (tertiary/aromatic N) is 4. The first-order valence-corrected chi connectivity index (χ1v) is 10.4. The summed E-state index contributed by atoms with van der Waals surface area (Å²) in [5, 5.41) is 0. The summed E-state index contributed by atoms with van der Waals surface area (Å²) < 4.78 is 8.19. The highest BCUT2D eigenvalue weighted by molar-refractivity contribution is 5.88. The molecular weight excluding hydrogens is 416 g/mol. The number of hydrogen-bond donors (Lipinski definition) is 0. The number of aromatic nitrogens is 4. The molecule has 0 fully saturated rings. The van der Waals surface area contributed by atoms with E-state index in [-0.39, 0.29) is 5.56 Å². The van der Waals surface area contributed by atoms with Gasteiger partial charge >= 0.3 is 5.97 Å². The molecule has 0 aliphatic heterocycles. The van der Waals surface area contributed by atoms with Crippen molar-refractivity contribution in [2.75, 3.05) is 7.11 Å². The van der Waals surface area contributed by atoms with Gasteiger partial charge in [0.1, 0.15) is 16.9 Å². The molecule has 7 nitrogen and oxygen atoms in total. The Morgan fingerprint density at radius 1 is 0.939 bits per heavy atom. The average molecular weight is 436 g/mol. The Balaban J connectivity index is 1.69. The largest absolute Gasteiger partial charge is 0.464 e. The highest BCUT2D eigenvalue weighted by atomic mass is 16.5. The zero-order valence-corrected chi connectivity index (χ0v) is 17.9. The first kappa shape index (κ1) is 20.4. The molecule has 0 saturated carbocycles. The molecule has 7 heteroatoms. The van der Waals surface area contributed by atoms with Crippen molar-refractivity contribution in [2.24, 2.45) is 0 Å². The minimum Gasteiger partial charge on any atom is -0.464 e. The molecule has 0 unspecified atom stereocenters. The van der Waals surface area contributed by atoms with Crippen LogP contribution in [0.4, 0.5) is 0 Å². The van der Waals surface area contributed by atoms with Crippen molar-refractivity contribution in [3.05, 3.63) is 119 Å². The van der Waals surface area contributed by atoms with Crippen molar-refractivity contribution in [1.82, 2.24) is 19.1 Å². The lowest BCUT2D eigenvalue weighted by atomic mass is 10.1. The van der Waals surface area contributed by atoms with Gasteiger partial charge in [-0.15, -0.1) is 0 Å². The predicted octanol–water partition coefficient (Wildman–Crippen LogP) is 3.95. The van der Waals surface area contributed by atoms with Crippen molar-refractivity contribution < 1.29 is 9.53 Å². The first-order valence-electron chi connectivity index (χ1n) is 10.4. The molecule has 0 aliphatic carbocycles. The van der Waals surface area contributed by atoms with Crippen LogP contribution >= 0.6 is 0 Å². The number of pyridine rings is 1. The van der Waals surface area contributed by atoms with E-state index in [9.17, 15) is 9.59 Å². The molecule has 3 aromatic heterocycles. The number of fused-ring (bicyclic) bond motifs is 1. The molecule has 33 heavy (non-hydrogen) atoms. The molecule has 162 valence electrons. The van der Waals surface area contributed by atoms with E-state index in [1.54, 1.807) is 39.7 Å². The van der Waals surface area contributed by atoms with Crippen molar-refractivity contribution in [2.45, 2.75) is 6.42 Å². The Morgan fingerprint density at radius 3 is 2.58 bits per heavy atom. The third kappa shape index (κ3) is 3.80. The van der Waals surface area contributed by atoms with Gasteiger partial charge in [-0.1, -0.05) is 36.4 Å². The summed E-state index contributed by atoms with van der Waals surface area (Å²) in [6.45, 7) is 0. The van der Waals surface area contributed by atoms with Crippen molar-refractivity contribution >= 4 is 17.1 Å². The second-order valence-electron chi connectivity index (χ2n) is 7.48. The zero-order valence-electron chi connectivity index (χ0n) is 17.9. The molecule has 0 bridgehead atoms. The fourth-order valence-electron chi connectivity index (χ4n) is 3.87. The highest BCUT2D eigenvalue weighted by Crippen LogP contribution is 2.20. The van der Waals surface area contributed by atoms with Crippen LogP contribution in [-0.2, 0) is 11.2 Å². The van der Waals surface area contributed by atoms with E-state index in [0.717, 1.165) is 11.3 Å². The number of carbonyl (C=O) groups is 1. The Bertz CT molecular complexity index is 1520. The van der Waals surface area contributed by atoms with Crippen molar-refractivity contribution in [3.63, 3.8) is 0 Å². The monoisotopic (exact) mass is 436 g/mol. The topological polar surface area (TPSA) is 79.0 Å². The van der Waals surface area contributed by atoms with Gasteiger partial charge in [0.15, 0.2) is 5.65 Å². The maximum absolute atomic E-state index is 13.6. The van der Waals surface area contributed by atoms with Gasteiger partial charge in [-0.2, -0.15) is 0 Å². The molecule has 0 saturated heterocycles. The van der Waals surface area contributed by atoms with Crippen LogP contribution in [0.15, 0.2) is 96.1 Å². The van der Waals surface area contributed by atoms with Gasteiger partial charge in [-0.05, 0) is 48.0 Å². The number of methoxy groups -OCH3 is 1. The minimum absolute atomic E-state index is 0.233. The Kier molecular flexibility index (Phi) is 5.28. The Morgan fingerprint density at radius 2 is 1.76 bits per heavy atom. The van der Waals surface area contributed by atoms with Crippen LogP contribution in [0.1, 0.15) is 21.7 Å². The van der Waals surface area contributed by atoms with Crippen LogP contribution in [-0.4, -0.2) is 32.2 Å². The van der Waals surface area contributed by atoms with E-state index < -0.39 is 5.97 Å². The van der Waals surface area contributed by atoms with Crippen LogP contribution < -0.4 is 5.56 Å². The van der Waals surface area contributed by atoms with Crippen LogP contribution in [0.2, 0.25) is 0 Å². The van der Waals surface area contributed by atoms with E-state index in [1.807, 2.05) is 60.7 Å². The van der Waals surface area contributed by atoms with Crippen LogP contribution in [0.25, 0.3) is 22.5 Å². The molecule has 0 aliphatic rings. The number of benzene rings is 2. The van der Waals surface area contributed by atoms with Gasteiger partial charge in [0.2, 0.25) is 0 Å². The van der Waals surface area contributed by atoms with Crippen LogP contribution in [0, 0.1) is 0 Å². The molecule has 2 aromatic carbocycles. The van der Waals surface area contributed by atoms with Crippen LogP contribution in [0.3, 0.4) is 0 Å². The van der Waals surface area contributed by atoms with Gasteiger partial charge in [-0.25, -0.2) is 14.8 Å². The maximum atomic E-state index is 13.6.